The van der Waals surface area contributed by atoms with Gasteiger partial charge in [-0.2, -0.15) is 0 Å². The maximum absolute atomic E-state index is 11.2. The fourth-order valence-electron chi connectivity index (χ4n) is 1.86. The van der Waals surface area contributed by atoms with Crippen molar-refractivity contribution in [1.29, 1.82) is 0 Å². The van der Waals surface area contributed by atoms with Crippen LogP contribution in [0.5, 0.6) is 0 Å². The smallest absolute Gasteiger partial charge is 0.307 e. The zero-order valence-corrected chi connectivity index (χ0v) is 11.8. The Balaban J connectivity index is 2.40. The molecule has 0 fully saturated rings. The first-order valence-electron chi connectivity index (χ1n) is 6.47. The average molecular weight is 249 g/mol. The molecule has 100 valence electrons. The zero-order chi connectivity index (χ0) is 13.5. The second-order valence-electron chi connectivity index (χ2n) is 4.59. The van der Waals surface area contributed by atoms with Crippen LogP contribution in [0.2, 0.25) is 0 Å². The van der Waals surface area contributed by atoms with E-state index in [1.54, 1.807) is 0 Å². The highest BCUT2D eigenvalue weighted by atomic mass is 16.5. The molecule has 0 saturated carbocycles. The minimum absolute atomic E-state index is 0.137. The maximum Gasteiger partial charge on any atom is 0.307 e. The second kappa shape index (κ2) is 7.17. The highest BCUT2D eigenvalue weighted by molar-refractivity contribution is 5.69. The number of carbonyl (C=O) groups is 1. The molecule has 0 radical (unpaired) electrons. The van der Waals surface area contributed by atoms with Crippen molar-refractivity contribution in [3.8, 4) is 0 Å². The van der Waals surface area contributed by atoms with Gasteiger partial charge in [0.1, 0.15) is 0 Å². The Bertz CT molecular complexity index is 413. The van der Waals surface area contributed by atoms with Crippen molar-refractivity contribution in [3.63, 3.8) is 0 Å². The predicted octanol–water partition coefficient (Wildman–Crippen LogP) is 2.65. The van der Waals surface area contributed by atoms with Crippen molar-refractivity contribution in [2.45, 2.75) is 40.7 Å². The number of nitrogens with one attached hydrogen (secondary N) is 1. The zero-order valence-electron chi connectivity index (χ0n) is 11.8. The van der Waals surface area contributed by atoms with Crippen LogP contribution in [-0.2, 0) is 16.1 Å². The van der Waals surface area contributed by atoms with Crippen LogP contribution in [0.15, 0.2) is 12.1 Å². The maximum atomic E-state index is 11.2. The molecule has 0 unspecified atom stereocenters. The Morgan fingerprint density at radius 2 is 1.83 bits per heavy atom. The van der Waals surface area contributed by atoms with E-state index in [9.17, 15) is 4.79 Å². The summed E-state index contributed by atoms with van der Waals surface area (Å²) < 4.78 is 4.87. The van der Waals surface area contributed by atoms with E-state index in [1.165, 1.54) is 22.3 Å². The lowest BCUT2D eigenvalue weighted by Gasteiger charge is -2.10. The summed E-state index contributed by atoms with van der Waals surface area (Å²) in [6.45, 7) is 10.1. The summed E-state index contributed by atoms with van der Waals surface area (Å²) >= 11 is 0. The Morgan fingerprint density at radius 3 is 2.50 bits per heavy atom. The number of hydrogen-bond donors (Lipinski definition) is 1. The summed E-state index contributed by atoms with van der Waals surface area (Å²) in [5.74, 6) is -0.137. The minimum atomic E-state index is -0.137. The molecule has 1 aromatic rings. The molecule has 0 heterocycles. The van der Waals surface area contributed by atoms with Gasteiger partial charge in [-0.3, -0.25) is 4.79 Å². The molecule has 3 heteroatoms. The molecule has 0 bridgehead atoms. The molecule has 1 N–H and O–H groups in total. The topological polar surface area (TPSA) is 38.3 Å². The number of aryl methyl sites for hydroxylation is 3. The van der Waals surface area contributed by atoms with Gasteiger partial charge in [0.05, 0.1) is 13.0 Å². The quantitative estimate of drug-likeness (QED) is 0.622. The third-order valence-corrected chi connectivity index (χ3v) is 3.08. The number of ether oxygens (including phenoxy) is 1. The predicted molar refractivity (Wildman–Crippen MR) is 73.6 cm³/mol. The summed E-state index contributed by atoms with van der Waals surface area (Å²) in [7, 11) is 0. The Labute approximate surface area is 110 Å². The molecule has 0 aliphatic rings. The molecule has 0 atom stereocenters. The van der Waals surface area contributed by atoms with Gasteiger partial charge in [0.15, 0.2) is 0 Å². The van der Waals surface area contributed by atoms with E-state index in [1.807, 2.05) is 6.92 Å². The van der Waals surface area contributed by atoms with Crippen LogP contribution >= 0.6 is 0 Å². The van der Waals surface area contributed by atoms with Crippen LogP contribution in [0.4, 0.5) is 0 Å². The van der Waals surface area contributed by atoms with Crippen molar-refractivity contribution >= 4 is 5.97 Å². The van der Waals surface area contributed by atoms with Crippen LogP contribution in [0.3, 0.4) is 0 Å². The summed E-state index contributed by atoms with van der Waals surface area (Å²) in [4.78, 5) is 11.2. The standard InChI is InChI=1S/C15H23NO2/c1-5-18-15(17)6-7-16-10-14-9-12(3)11(2)8-13(14)4/h8-9,16H,5-7,10H2,1-4H3. The first kappa shape index (κ1) is 14.7. The molecule has 18 heavy (non-hydrogen) atoms. The lowest BCUT2D eigenvalue weighted by Crippen LogP contribution is -2.19. The summed E-state index contributed by atoms with van der Waals surface area (Å²) in [5.41, 5.74) is 5.22. The van der Waals surface area contributed by atoms with Gasteiger partial charge in [-0.25, -0.2) is 0 Å². The van der Waals surface area contributed by atoms with Crippen LogP contribution in [0.1, 0.15) is 35.6 Å². The van der Waals surface area contributed by atoms with Crippen LogP contribution in [0.25, 0.3) is 0 Å². The molecule has 0 aromatic heterocycles. The van der Waals surface area contributed by atoms with Gasteiger partial charge in [-0.05, 0) is 49.9 Å². The number of hydrogen-bond acceptors (Lipinski definition) is 3. The molecule has 0 spiro atoms. The van der Waals surface area contributed by atoms with E-state index < -0.39 is 0 Å². The van der Waals surface area contributed by atoms with Crippen LogP contribution in [0, 0.1) is 20.8 Å². The summed E-state index contributed by atoms with van der Waals surface area (Å²) in [6, 6.07) is 4.42. The van der Waals surface area contributed by atoms with E-state index in [0.29, 0.717) is 19.6 Å². The van der Waals surface area contributed by atoms with Gasteiger partial charge in [-0.1, -0.05) is 12.1 Å². The molecule has 1 rings (SSSR count). The van der Waals surface area contributed by atoms with Crippen molar-refractivity contribution in [1.82, 2.24) is 5.32 Å². The normalized spacial score (nSPS) is 10.4. The molecular formula is C15H23NO2. The number of rotatable bonds is 6. The number of esters is 1. The highest BCUT2D eigenvalue weighted by Crippen LogP contribution is 2.14. The molecule has 1 aromatic carbocycles. The molecule has 0 saturated heterocycles. The monoisotopic (exact) mass is 249 g/mol. The van der Waals surface area contributed by atoms with E-state index in [4.69, 9.17) is 4.74 Å². The van der Waals surface area contributed by atoms with E-state index in [0.717, 1.165) is 6.54 Å². The van der Waals surface area contributed by atoms with Crippen LogP contribution in [-0.4, -0.2) is 19.1 Å². The fourth-order valence-corrected chi connectivity index (χ4v) is 1.86. The van der Waals surface area contributed by atoms with Gasteiger partial charge >= 0.3 is 5.97 Å². The number of carbonyl (C=O) groups excluding carboxylic acids is 1. The molecule has 0 aliphatic heterocycles. The van der Waals surface area contributed by atoms with E-state index >= 15 is 0 Å². The SMILES string of the molecule is CCOC(=O)CCNCc1cc(C)c(C)cc1C. The van der Waals surface area contributed by atoms with Crippen molar-refractivity contribution in [2.75, 3.05) is 13.2 Å². The Hall–Kier alpha value is -1.35. The molecular weight excluding hydrogens is 226 g/mol. The first-order valence-corrected chi connectivity index (χ1v) is 6.47. The number of benzene rings is 1. The largest absolute Gasteiger partial charge is 0.466 e. The molecule has 3 nitrogen and oxygen atoms in total. The van der Waals surface area contributed by atoms with Gasteiger partial charge < -0.3 is 10.1 Å². The first-order chi connectivity index (χ1) is 8.54. The molecule has 0 aliphatic carbocycles. The van der Waals surface area contributed by atoms with Gasteiger partial charge in [-0.15, -0.1) is 0 Å². The average Bonchev–Trinajstić information content (AvgIpc) is 2.31. The summed E-state index contributed by atoms with van der Waals surface area (Å²) in [6.07, 6.45) is 0.428. The fraction of sp³-hybridized carbons (Fsp3) is 0.533. The minimum Gasteiger partial charge on any atom is -0.466 e. The van der Waals surface area contributed by atoms with Gasteiger partial charge in [0.25, 0.3) is 0 Å². The summed E-state index contributed by atoms with van der Waals surface area (Å²) in [5, 5.41) is 3.28. The van der Waals surface area contributed by atoms with Crippen molar-refractivity contribution < 1.29 is 9.53 Å². The Morgan fingerprint density at radius 1 is 1.17 bits per heavy atom. The highest BCUT2D eigenvalue weighted by Gasteiger charge is 2.03. The lowest BCUT2D eigenvalue weighted by atomic mass is 10.0. The lowest BCUT2D eigenvalue weighted by molar-refractivity contribution is -0.142. The van der Waals surface area contributed by atoms with Crippen molar-refractivity contribution in [3.05, 3.63) is 34.4 Å². The Kier molecular flexibility index (Phi) is 5.86. The third kappa shape index (κ3) is 4.49. The van der Waals surface area contributed by atoms with E-state index in [-0.39, 0.29) is 5.97 Å². The third-order valence-electron chi connectivity index (χ3n) is 3.08. The molecule has 0 amide bonds. The van der Waals surface area contributed by atoms with Gasteiger partial charge in [0.2, 0.25) is 0 Å². The second-order valence-corrected chi connectivity index (χ2v) is 4.59. The van der Waals surface area contributed by atoms with Gasteiger partial charge in [0, 0.05) is 13.1 Å². The van der Waals surface area contributed by atoms with E-state index in [2.05, 4.69) is 38.2 Å². The van der Waals surface area contributed by atoms with Crippen molar-refractivity contribution in [2.24, 2.45) is 0 Å². The van der Waals surface area contributed by atoms with Crippen LogP contribution < -0.4 is 5.32 Å².